The predicted octanol–water partition coefficient (Wildman–Crippen LogP) is 0.165. The predicted molar refractivity (Wildman–Crippen MR) is 75.8 cm³/mol. The third kappa shape index (κ3) is 4.09. The van der Waals surface area contributed by atoms with Crippen LogP contribution in [0, 0.1) is 5.92 Å². The number of nitrogens with two attached hydrogens (primary N) is 2. The Labute approximate surface area is 119 Å². The molecule has 2 atom stereocenters. The van der Waals surface area contributed by atoms with Crippen LogP contribution in [0.2, 0.25) is 0 Å². The Morgan fingerprint density at radius 1 is 1.45 bits per heavy atom. The van der Waals surface area contributed by atoms with Crippen molar-refractivity contribution in [3.8, 4) is 0 Å². The zero-order valence-corrected chi connectivity index (χ0v) is 12.2. The number of rotatable bonds is 9. The molecule has 0 bridgehead atoms. The number of hydrogen-bond donors (Lipinski definition) is 3. The third-order valence-electron chi connectivity index (χ3n) is 3.31. The summed E-state index contributed by atoms with van der Waals surface area (Å²) in [7, 11) is 0. The maximum atomic E-state index is 12.1. The van der Waals surface area contributed by atoms with E-state index in [4.69, 9.17) is 11.5 Å². The molecule has 1 aromatic rings. The van der Waals surface area contributed by atoms with Crippen LogP contribution in [-0.4, -0.2) is 38.8 Å². The van der Waals surface area contributed by atoms with Crippen LogP contribution in [0.4, 0.5) is 0 Å². The number of carbonyl (C=O) groups excluding carboxylic acids is 1. The molecule has 1 aromatic heterocycles. The molecule has 0 saturated carbocycles. The molecule has 0 aliphatic rings. The van der Waals surface area contributed by atoms with Crippen LogP contribution in [0.5, 0.6) is 0 Å². The first-order chi connectivity index (χ1) is 9.52. The fourth-order valence-corrected chi connectivity index (χ4v) is 2.09. The molecule has 114 valence electrons. The van der Waals surface area contributed by atoms with Gasteiger partial charge < -0.3 is 21.1 Å². The van der Waals surface area contributed by atoms with E-state index in [1.807, 2.05) is 0 Å². The highest BCUT2D eigenvalue weighted by Gasteiger charge is 2.26. The molecule has 20 heavy (non-hydrogen) atoms. The minimum atomic E-state index is -0.666. The van der Waals surface area contributed by atoms with Crippen LogP contribution in [0.25, 0.3) is 0 Å². The van der Waals surface area contributed by atoms with E-state index in [9.17, 15) is 9.90 Å². The van der Waals surface area contributed by atoms with Crippen LogP contribution in [-0.2, 0) is 4.79 Å². The molecule has 0 amide bonds. The molecule has 0 saturated heterocycles. The standard InChI is InChI=1S/C13H25N5O2/c1-9(2)12(20)11(7-19)18-8-16-17-13(18)10(15)5-3-4-6-14/h8-11,19H,3-7,14-15H2,1-2H3/t10-,11-/m0/s1. The van der Waals surface area contributed by atoms with Crippen molar-refractivity contribution in [2.24, 2.45) is 17.4 Å². The molecule has 0 spiro atoms. The molecule has 0 fully saturated rings. The summed E-state index contributed by atoms with van der Waals surface area (Å²) in [6, 6.07) is -0.973. The van der Waals surface area contributed by atoms with E-state index in [1.165, 1.54) is 6.33 Å². The minimum absolute atomic E-state index is 0.0530. The summed E-state index contributed by atoms with van der Waals surface area (Å²) >= 11 is 0. The first kappa shape index (κ1) is 16.7. The molecule has 7 heteroatoms. The van der Waals surface area contributed by atoms with Gasteiger partial charge in [-0.2, -0.15) is 0 Å². The van der Waals surface area contributed by atoms with Crippen molar-refractivity contribution in [1.29, 1.82) is 0 Å². The Bertz CT molecular complexity index is 419. The summed E-state index contributed by atoms with van der Waals surface area (Å²) in [6.45, 7) is 3.95. The van der Waals surface area contributed by atoms with Crippen molar-refractivity contribution < 1.29 is 9.90 Å². The largest absolute Gasteiger partial charge is 0.394 e. The summed E-state index contributed by atoms with van der Waals surface area (Å²) in [5.74, 6) is 0.314. The second kappa shape index (κ2) is 8.08. The SMILES string of the molecule is CC(C)C(=O)[C@H](CO)n1cnnc1[C@@H](N)CCCCN. The number of ketones is 1. The fraction of sp³-hybridized carbons (Fsp3) is 0.769. The zero-order chi connectivity index (χ0) is 15.1. The molecule has 0 unspecified atom stereocenters. The fourth-order valence-electron chi connectivity index (χ4n) is 2.09. The van der Waals surface area contributed by atoms with Crippen LogP contribution >= 0.6 is 0 Å². The molecule has 0 aliphatic heterocycles. The van der Waals surface area contributed by atoms with E-state index in [2.05, 4.69) is 10.2 Å². The summed E-state index contributed by atoms with van der Waals surface area (Å²) in [6.07, 6.45) is 3.98. The van der Waals surface area contributed by atoms with Crippen molar-refractivity contribution in [3.05, 3.63) is 12.2 Å². The van der Waals surface area contributed by atoms with Gasteiger partial charge in [0.25, 0.3) is 0 Å². The Morgan fingerprint density at radius 3 is 2.70 bits per heavy atom. The third-order valence-corrected chi connectivity index (χ3v) is 3.31. The molecule has 0 aliphatic carbocycles. The van der Waals surface area contributed by atoms with E-state index in [0.29, 0.717) is 12.4 Å². The van der Waals surface area contributed by atoms with E-state index >= 15 is 0 Å². The monoisotopic (exact) mass is 283 g/mol. The van der Waals surface area contributed by atoms with Gasteiger partial charge in [0.05, 0.1) is 12.6 Å². The summed E-state index contributed by atoms with van der Waals surface area (Å²) in [4.78, 5) is 12.1. The highest BCUT2D eigenvalue weighted by atomic mass is 16.3. The number of unbranched alkanes of at least 4 members (excludes halogenated alkanes) is 1. The Kier molecular flexibility index (Phi) is 6.77. The van der Waals surface area contributed by atoms with Gasteiger partial charge in [-0.25, -0.2) is 0 Å². The van der Waals surface area contributed by atoms with Crippen molar-refractivity contribution in [2.45, 2.75) is 45.2 Å². The number of Topliss-reactive ketones (excluding diaryl/α,β-unsaturated/α-hetero) is 1. The molecule has 1 heterocycles. The quantitative estimate of drug-likeness (QED) is 0.555. The number of aromatic nitrogens is 3. The first-order valence-electron chi connectivity index (χ1n) is 7.02. The summed E-state index contributed by atoms with van der Waals surface area (Å²) in [5.41, 5.74) is 11.5. The highest BCUT2D eigenvalue weighted by molar-refractivity contribution is 5.84. The van der Waals surface area contributed by atoms with Gasteiger partial charge >= 0.3 is 0 Å². The first-order valence-corrected chi connectivity index (χ1v) is 7.02. The highest BCUT2D eigenvalue weighted by Crippen LogP contribution is 2.20. The smallest absolute Gasteiger partial charge is 0.160 e. The van der Waals surface area contributed by atoms with Gasteiger partial charge in [0.15, 0.2) is 11.6 Å². The number of aliphatic hydroxyl groups excluding tert-OH is 1. The van der Waals surface area contributed by atoms with Crippen molar-refractivity contribution in [3.63, 3.8) is 0 Å². The average molecular weight is 283 g/mol. The molecule has 0 radical (unpaired) electrons. The molecular weight excluding hydrogens is 258 g/mol. The summed E-state index contributed by atoms with van der Waals surface area (Å²) < 4.78 is 1.59. The van der Waals surface area contributed by atoms with Crippen LogP contribution < -0.4 is 11.5 Å². The van der Waals surface area contributed by atoms with Crippen molar-refractivity contribution >= 4 is 5.78 Å². The van der Waals surface area contributed by atoms with Crippen LogP contribution in [0.15, 0.2) is 6.33 Å². The van der Waals surface area contributed by atoms with Crippen molar-refractivity contribution in [2.75, 3.05) is 13.2 Å². The second-order valence-electron chi connectivity index (χ2n) is 5.24. The number of hydrogen-bond acceptors (Lipinski definition) is 6. The summed E-state index contributed by atoms with van der Waals surface area (Å²) in [5, 5.41) is 17.3. The van der Waals surface area contributed by atoms with Gasteiger partial charge in [-0.15, -0.1) is 10.2 Å². The second-order valence-corrected chi connectivity index (χ2v) is 5.24. The lowest BCUT2D eigenvalue weighted by atomic mass is 10.0. The van der Waals surface area contributed by atoms with Gasteiger partial charge in [-0.1, -0.05) is 20.3 Å². The Balaban J connectivity index is 2.85. The lowest BCUT2D eigenvalue weighted by Gasteiger charge is -2.20. The van der Waals surface area contributed by atoms with Gasteiger partial charge in [-0.05, 0) is 19.4 Å². The zero-order valence-electron chi connectivity index (χ0n) is 12.2. The van der Waals surface area contributed by atoms with E-state index in [0.717, 1.165) is 19.3 Å². The minimum Gasteiger partial charge on any atom is -0.394 e. The van der Waals surface area contributed by atoms with E-state index < -0.39 is 6.04 Å². The lowest BCUT2D eigenvalue weighted by Crippen LogP contribution is -2.29. The number of aliphatic hydroxyl groups is 1. The molecule has 0 aromatic carbocycles. The van der Waals surface area contributed by atoms with Crippen LogP contribution in [0.1, 0.15) is 51.0 Å². The van der Waals surface area contributed by atoms with Gasteiger partial charge in [0.1, 0.15) is 12.4 Å². The Morgan fingerprint density at radius 2 is 2.15 bits per heavy atom. The van der Waals surface area contributed by atoms with Crippen molar-refractivity contribution in [1.82, 2.24) is 14.8 Å². The lowest BCUT2D eigenvalue weighted by molar-refractivity contribution is -0.126. The molecule has 1 rings (SSSR count). The van der Waals surface area contributed by atoms with E-state index in [1.54, 1.807) is 18.4 Å². The normalized spacial score (nSPS) is 14.5. The molecule has 7 nitrogen and oxygen atoms in total. The number of nitrogens with zero attached hydrogens (tertiary/aromatic N) is 3. The van der Waals surface area contributed by atoms with Crippen LogP contribution in [0.3, 0.4) is 0 Å². The van der Waals surface area contributed by atoms with Gasteiger partial charge in [0.2, 0.25) is 0 Å². The number of carbonyl (C=O) groups is 1. The van der Waals surface area contributed by atoms with E-state index in [-0.39, 0.29) is 24.3 Å². The molecule has 5 N–H and O–H groups in total. The average Bonchev–Trinajstić information content (AvgIpc) is 2.88. The van der Waals surface area contributed by atoms with Gasteiger partial charge in [-0.3, -0.25) is 4.79 Å². The topological polar surface area (TPSA) is 120 Å². The van der Waals surface area contributed by atoms with Gasteiger partial charge in [0, 0.05) is 5.92 Å². The maximum Gasteiger partial charge on any atom is 0.160 e. The Hall–Kier alpha value is -1.31. The molecular formula is C13H25N5O2. The maximum absolute atomic E-state index is 12.1.